The van der Waals surface area contributed by atoms with E-state index in [2.05, 4.69) is 65.2 Å². The van der Waals surface area contributed by atoms with Crippen molar-refractivity contribution in [1.82, 2.24) is 5.32 Å². The molecule has 0 spiro atoms. The lowest BCUT2D eigenvalue weighted by atomic mass is 9.90. The van der Waals surface area contributed by atoms with Crippen LogP contribution in [0.15, 0.2) is 35.9 Å². The van der Waals surface area contributed by atoms with E-state index in [-0.39, 0.29) is 0 Å². The van der Waals surface area contributed by atoms with E-state index in [0.717, 1.165) is 6.54 Å². The standard InChI is InChI=1S/C16H22IN/c1-2-12-18-16(13-8-4-3-5-9-13)14-10-6-7-11-15(14)17/h6-8,10-11,16,18H,2-5,9,12H2,1H3. The predicted molar refractivity (Wildman–Crippen MR) is 86.7 cm³/mol. The number of benzene rings is 1. The summed E-state index contributed by atoms with van der Waals surface area (Å²) in [4.78, 5) is 0. The van der Waals surface area contributed by atoms with Crippen molar-refractivity contribution in [3.05, 3.63) is 45.0 Å². The molecule has 0 saturated heterocycles. The lowest BCUT2D eigenvalue weighted by Gasteiger charge is -2.25. The van der Waals surface area contributed by atoms with Crippen LogP contribution in [-0.4, -0.2) is 6.54 Å². The Kier molecular flexibility index (Phi) is 5.70. The summed E-state index contributed by atoms with van der Waals surface area (Å²) in [6.07, 6.45) is 8.86. The van der Waals surface area contributed by atoms with E-state index in [4.69, 9.17) is 0 Å². The minimum atomic E-state index is 0.429. The summed E-state index contributed by atoms with van der Waals surface area (Å²) in [6, 6.07) is 9.18. The van der Waals surface area contributed by atoms with Gasteiger partial charge in [-0.25, -0.2) is 0 Å². The highest BCUT2D eigenvalue weighted by atomic mass is 127. The van der Waals surface area contributed by atoms with Crippen LogP contribution in [0.1, 0.15) is 50.6 Å². The second-order valence-corrected chi connectivity index (χ2v) is 6.10. The van der Waals surface area contributed by atoms with E-state index in [9.17, 15) is 0 Å². The number of rotatable bonds is 5. The van der Waals surface area contributed by atoms with Gasteiger partial charge in [0.1, 0.15) is 0 Å². The molecular formula is C16H22IN. The molecule has 0 radical (unpaired) electrons. The average molecular weight is 355 g/mol. The van der Waals surface area contributed by atoms with Crippen molar-refractivity contribution in [1.29, 1.82) is 0 Å². The molecule has 0 saturated carbocycles. The zero-order chi connectivity index (χ0) is 12.8. The van der Waals surface area contributed by atoms with Gasteiger partial charge >= 0.3 is 0 Å². The van der Waals surface area contributed by atoms with Crippen molar-refractivity contribution in [3.8, 4) is 0 Å². The van der Waals surface area contributed by atoms with Crippen LogP contribution in [0.2, 0.25) is 0 Å². The maximum atomic E-state index is 3.72. The highest BCUT2D eigenvalue weighted by Gasteiger charge is 2.19. The first-order valence-electron chi connectivity index (χ1n) is 6.99. The van der Waals surface area contributed by atoms with Gasteiger partial charge in [0.05, 0.1) is 6.04 Å². The summed E-state index contributed by atoms with van der Waals surface area (Å²) in [7, 11) is 0. The first-order valence-corrected chi connectivity index (χ1v) is 8.07. The van der Waals surface area contributed by atoms with E-state index in [1.807, 2.05) is 0 Å². The van der Waals surface area contributed by atoms with Crippen LogP contribution in [0, 0.1) is 3.57 Å². The van der Waals surface area contributed by atoms with Crippen LogP contribution in [0.4, 0.5) is 0 Å². The topological polar surface area (TPSA) is 12.0 Å². The van der Waals surface area contributed by atoms with Crippen molar-refractivity contribution >= 4 is 22.6 Å². The molecule has 98 valence electrons. The smallest absolute Gasteiger partial charge is 0.0546 e. The van der Waals surface area contributed by atoms with Crippen LogP contribution >= 0.6 is 22.6 Å². The van der Waals surface area contributed by atoms with Gasteiger partial charge in [-0.1, -0.05) is 36.8 Å². The maximum absolute atomic E-state index is 3.72. The van der Waals surface area contributed by atoms with Crippen molar-refractivity contribution in [2.24, 2.45) is 0 Å². The van der Waals surface area contributed by atoms with Gasteiger partial charge in [-0.3, -0.25) is 0 Å². The quantitative estimate of drug-likeness (QED) is 0.589. The van der Waals surface area contributed by atoms with Gasteiger partial charge in [0.25, 0.3) is 0 Å². The second-order valence-electron chi connectivity index (χ2n) is 4.93. The highest BCUT2D eigenvalue weighted by Crippen LogP contribution is 2.32. The summed E-state index contributed by atoms with van der Waals surface area (Å²) >= 11 is 2.46. The van der Waals surface area contributed by atoms with E-state index in [1.165, 1.54) is 41.2 Å². The minimum absolute atomic E-state index is 0.429. The van der Waals surface area contributed by atoms with Gasteiger partial charge < -0.3 is 5.32 Å². The van der Waals surface area contributed by atoms with Crippen molar-refractivity contribution < 1.29 is 0 Å². The van der Waals surface area contributed by atoms with Crippen LogP contribution in [0.5, 0.6) is 0 Å². The van der Waals surface area contributed by atoms with Crippen molar-refractivity contribution in [2.75, 3.05) is 6.54 Å². The van der Waals surface area contributed by atoms with E-state index < -0.39 is 0 Å². The third kappa shape index (κ3) is 3.58. The van der Waals surface area contributed by atoms with Gasteiger partial charge in [-0.15, -0.1) is 0 Å². The lowest BCUT2D eigenvalue weighted by Crippen LogP contribution is -2.25. The fourth-order valence-corrected chi connectivity index (χ4v) is 3.26. The Morgan fingerprint density at radius 1 is 1.28 bits per heavy atom. The first-order chi connectivity index (χ1) is 8.83. The number of halogens is 1. The molecule has 2 heteroatoms. The zero-order valence-corrected chi connectivity index (χ0v) is 13.2. The summed E-state index contributed by atoms with van der Waals surface area (Å²) in [5.41, 5.74) is 3.04. The first kappa shape index (κ1) is 14.1. The van der Waals surface area contributed by atoms with E-state index in [0.29, 0.717) is 6.04 Å². The molecule has 0 aromatic heterocycles. The molecule has 18 heavy (non-hydrogen) atoms. The molecule has 1 atom stereocenters. The van der Waals surface area contributed by atoms with Gasteiger partial charge in [0.15, 0.2) is 0 Å². The Hall–Kier alpha value is -0.350. The lowest BCUT2D eigenvalue weighted by molar-refractivity contribution is 0.545. The average Bonchev–Trinajstić information content (AvgIpc) is 2.42. The molecule has 0 heterocycles. The molecule has 0 fully saturated rings. The van der Waals surface area contributed by atoms with Gasteiger partial charge in [0.2, 0.25) is 0 Å². The largest absolute Gasteiger partial charge is 0.307 e. The highest BCUT2D eigenvalue weighted by molar-refractivity contribution is 14.1. The number of allylic oxidation sites excluding steroid dienone is 1. The molecule has 1 N–H and O–H groups in total. The van der Waals surface area contributed by atoms with E-state index >= 15 is 0 Å². The molecule has 2 rings (SSSR count). The van der Waals surface area contributed by atoms with Crippen LogP contribution in [-0.2, 0) is 0 Å². The normalized spacial score (nSPS) is 17.3. The molecule has 1 aromatic rings. The maximum Gasteiger partial charge on any atom is 0.0546 e. The Labute approximate surface area is 124 Å². The summed E-state index contributed by atoms with van der Waals surface area (Å²) < 4.78 is 1.37. The molecule has 1 nitrogen and oxygen atoms in total. The van der Waals surface area contributed by atoms with E-state index in [1.54, 1.807) is 5.57 Å². The van der Waals surface area contributed by atoms with Crippen LogP contribution in [0.3, 0.4) is 0 Å². The molecule has 0 aliphatic heterocycles. The number of hydrogen-bond donors (Lipinski definition) is 1. The SMILES string of the molecule is CCCNC(C1=CCCCC1)c1ccccc1I. The van der Waals surface area contributed by atoms with Gasteiger partial charge in [-0.2, -0.15) is 0 Å². The summed E-state index contributed by atoms with van der Waals surface area (Å²) in [6.45, 7) is 3.32. The summed E-state index contributed by atoms with van der Waals surface area (Å²) in [5, 5.41) is 3.72. The molecule has 1 aliphatic rings. The fraction of sp³-hybridized carbons (Fsp3) is 0.500. The molecule has 0 amide bonds. The van der Waals surface area contributed by atoms with Crippen molar-refractivity contribution in [3.63, 3.8) is 0 Å². The Balaban J connectivity index is 2.24. The van der Waals surface area contributed by atoms with Gasteiger partial charge in [0, 0.05) is 3.57 Å². The van der Waals surface area contributed by atoms with Crippen molar-refractivity contribution in [2.45, 2.75) is 45.1 Å². The molecule has 1 unspecified atom stereocenters. The molecule has 1 aliphatic carbocycles. The third-order valence-corrected chi connectivity index (χ3v) is 4.49. The molecular weight excluding hydrogens is 333 g/mol. The van der Waals surface area contributed by atoms with Gasteiger partial charge in [-0.05, 0) is 72.9 Å². The van der Waals surface area contributed by atoms with Crippen LogP contribution in [0.25, 0.3) is 0 Å². The second kappa shape index (κ2) is 7.29. The Morgan fingerprint density at radius 3 is 2.78 bits per heavy atom. The summed E-state index contributed by atoms with van der Waals surface area (Å²) in [5.74, 6) is 0. The zero-order valence-electron chi connectivity index (χ0n) is 11.1. The molecule has 1 aromatic carbocycles. The van der Waals surface area contributed by atoms with Crippen LogP contribution < -0.4 is 5.32 Å². The Bertz CT molecular complexity index is 411. The Morgan fingerprint density at radius 2 is 2.11 bits per heavy atom. The third-order valence-electron chi connectivity index (χ3n) is 3.51. The predicted octanol–water partition coefficient (Wildman–Crippen LogP) is 4.83. The minimum Gasteiger partial charge on any atom is -0.307 e. The number of nitrogens with one attached hydrogen (secondary N) is 1. The fourth-order valence-electron chi connectivity index (χ4n) is 2.56. The monoisotopic (exact) mass is 355 g/mol. The number of hydrogen-bond acceptors (Lipinski definition) is 1. The molecule has 0 bridgehead atoms.